The molecule has 0 fully saturated rings. The van der Waals surface area contributed by atoms with Gasteiger partial charge in [0.1, 0.15) is 9.71 Å². The number of nitrogens with one attached hydrogen (secondary N) is 1. The van der Waals surface area contributed by atoms with E-state index in [-0.39, 0.29) is 16.4 Å². The molecular formula is C18H13ClN2O5S. The molecule has 0 bridgehead atoms. The van der Waals surface area contributed by atoms with Crippen molar-refractivity contribution in [1.82, 2.24) is 9.97 Å². The van der Waals surface area contributed by atoms with E-state index in [0.717, 1.165) is 11.3 Å². The van der Waals surface area contributed by atoms with E-state index in [2.05, 4.69) is 9.97 Å². The summed E-state index contributed by atoms with van der Waals surface area (Å²) in [5.74, 6) is -1.41. The SMILES string of the molecule is COC(=O)c1sc2nc(/C(Cl)=C/c3ccc(C(=O)O)cc3)[nH]c(=O)c2c1C. The van der Waals surface area contributed by atoms with Crippen molar-refractivity contribution in [3.05, 3.63) is 62.0 Å². The summed E-state index contributed by atoms with van der Waals surface area (Å²) >= 11 is 7.33. The zero-order chi connectivity index (χ0) is 19.7. The van der Waals surface area contributed by atoms with E-state index < -0.39 is 17.5 Å². The Kier molecular flexibility index (Phi) is 5.11. The lowest BCUT2D eigenvalue weighted by atomic mass is 10.1. The van der Waals surface area contributed by atoms with Crippen LogP contribution in [-0.4, -0.2) is 34.1 Å². The minimum Gasteiger partial charge on any atom is -0.478 e. The molecule has 0 aliphatic carbocycles. The summed E-state index contributed by atoms with van der Waals surface area (Å²) in [5, 5.41) is 9.41. The number of fused-ring (bicyclic) bond motifs is 1. The smallest absolute Gasteiger partial charge is 0.348 e. The van der Waals surface area contributed by atoms with Crippen LogP contribution in [0.25, 0.3) is 21.3 Å². The lowest BCUT2D eigenvalue weighted by molar-refractivity contribution is 0.0604. The molecule has 2 aromatic heterocycles. The summed E-state index contributed by atoms with van der Waals surface area (Å²) in [6.45, 7) is 1.66. The maximum atomic E-state index is 12.4. The van der Waals surface area contributed by atoms with Crippen molar-refractivity contribution in [3.8, 4) is 0 Å². The number of carbonyl (C=O) groups excluding carboxylic acids is 1. The first kappa shape index (κ1) is 18.8. The minimum absolute atomic E-state index is 0.147. The summed E-state index contributed by atoms with van der Waals surface area (Å²) in [6.07, 6.45) is 1.55. The third-order valence-electron chi connectivity index (χ3n) is 3.85. The predicted octanol–water partition coefficient (Wildman–Crippen LogP) is 3.51. The van der Waals surface area contributed by atoms with Gasteiger partial charge in [-0.15, -0.1) is 11.3 Å². The summed E-state index contributed by atoms with van der Waals surface area (Å²) in [4.78, 5) is 42.8. The van der Waals surface area contributed by atoms with Crippen LogP contribution in [0.15, 0.2) is 29.1 Å². The number of hydrogen-bond donors (Lipinski definition) is 2. The number of thiophene rings is 1. The van der Waals surface area contributed by atoms with Gasteiger partial charge in [0.25, 0.3) is 5.56 Å². The lowest BCUT2D eigenvalue weighted by Gasteiger charge is -2.01. The number of carboxylic acids is 1. The Morgan fingerprint density at radius 3 is 2.56 bits per heavy atom. The van der Waals surface area contributed by atoms with E-state index in [4.69, 9.17) is 21.4 Å². The number of hydrogen-bond acceptors (Lipinski definition) is 6. The Bertz CT molecular complexity index is 1150. The highest BCUT2D eigenvalue weighted by molar-refractivity contribution is 7.20. The second-order valence-electron chi connectivity index (χ2n) is 5.56. The molecule has 3 rings (SSSR count). The Labute approximate surface area is 161 Å². The zero-order valence-corrected chi connectivity index (χ0v) is 15.8. The van der Waals surface area contributed by atoms with Crippen molar-refractivity contribution < 1.29 is 19.4 Å². The van der Waals surface area contributed by atoms with E-state index in [1.165, 1.54) is 19.2 Å². The molecule has 1 aromatic carbocycles. The topological polar surface area (TPSA) is 109 Å². The molecule has 7 nitrogen and oxygen atoms in total. The number of aromatic nitrogens is 2. The molecule has 2 N–H and O–H groups in total. The maximum Gasteiger partial charge on any atom is 0.348 e. The molecule has 0 saturated carbocycles. The van der Waals surface area contributed by atoms with Gasteiger partial charge in [0, 0.05) is 0 Å². The predicted molar refractivity (Wildman–Crippen MR) is 103 cm³/mol. The van der Waals surface area contributed by atoms with E-state index in [1.807, 2.05) is 0 Å². The fraction of sp³-hybridized carbons (Fsp3) is 0.111. The first-order chi connectivity index (χ1) is 12.8. The number of H-pyrrole nitrogens is 1. The number of aromatic amines is 1. The quantitative estimate of drug-likeness (QED) is 0.644. The number of halogens is 1. The number of rotatable bonds is 4. The second-order valence-corrected chi connectivity index (χ2v) is 6.97. The number of ether oxygens (including phenoxy) is 1. The third kappa shape index (κ3) is 3.62. The molecule has 0 aliphatic rings. The van der Waals surface area contributed by atoms with Crippen LogP contribution in [0.2, 0.25) is 0 Å². The summed E-state index contributed by atoms with van der Waals surface area (Å²) < 4.78 is 4.72. The second kappa shape index (κ2) is 7.34. The molecule has 0 atom stereocenters. The fourth-order valence-electron chi connectivity index (χ4n) is 2.48. The number of carboxylic acid groups (broad SMARTS) is 1. The van der Waals surface area contributed by atoms with Crippen LogP contribution < -0.4 is 5.56 Å². The van der Waals surface area contributed by atoms with Crippen LogP contribution in [0.5, 0.6) is 0 Å². The van der Waals surface area contributed by atoms with Gasteiger partial charge in [0.2, 0.25) is 0 Å². The van der Waals surface area contributed by atoms with E-state index in [9.17, 15) is 14.4 Å². The van der Waals surface area contributed by atoms with Crippen molar-refractivity contribution in [1.29, 1.82) is 0 Å². The number of carbonyl (C=O) groups is 2. The summed E-state index contributed by atoms with van der Waals surface area (Å²) in [6, 6.07) is 6.08. The van der Waals surface area contributed by atoms with Crippen LogP contribution in [-0.2, 0) is 4.74 Å². The first-order valence-corrected chi connectivity index (χ1v) is 8.84. The highest BCUT2D eigenvalue weighted by atomic mass is 35.5. The normalized spacial score (nSPS) is 11.6. The molecule has 27 heavy (non-hydrogen) atoms. The van der Waals surface area contributed by atoms with Crippen LogP contribution in [0, 0.1) is 6.92 Å². The number of aryl methyl sites for hydroxylation is 1. The molecule has 138 valence electrons. The van der Waals surface area contributed by atoms with E-state index >= 15 is 0 Å². The first-order valence-electron chi connectivity index (χ1n) is 7.64. The number of aromatic carboxylic acids is 1. The van der Waals surface area contributed by atoms with Gasteiger partial charge in [-0.05, 0) is 36.3 Å². The molecule has 9 heteroatoms. The van der Waals surface area contributed by atoms with Crippen molar-refractivity contribution in [3.63, 3.8) is 0 Å². The largest absolute Gasteiger partial charge is 0.478 e. The Morgan fingerprint density at radius 1 is 1.30 bits per heavy atom. The van der Waals surface area contributed by atoms with Gasteiger partial charge >= 0.3 is 11.9 Å². The molecule has 0 radical (unpaired) electrons. The van der Waals surface area contributed by atoms with Gasteiger partial charge in [0.15, 0.2) is 5.82 Å². The van der Waals surface area contributed by atoms with Crippen molar-refractivity contribution in [2.75, 3.05) is 7.11 Å². The molecule has 0 amide bonds. The Hall–Kier alpha value is -2.97. The number of nitrogens with zero attached hydrogens (tertiary/aromatic N) is 1. The van der Waals surface area contributed by atoms with Gasteiger partial charge in [-0.2, -0.15) is 0 Å². The average molecular weight is 405 g/mol. The van der Waals surface area contributed by atoms with Crippen LogP contribution in [0.1, 0.15) is 37.0 Å². The van der Waals surface area contributed by atoms with Gasteiger partial charge in [-0.1, -0.05) is 23.7 Å². The number of benzene rings is 1. The zero-order valence-electron chi connectivity index (χ0n) is 14.2. The average Bonchev–Trinajstić information content (AvgIpc) is 2.98. The summed E-state index contributed by atoms with van der Waals surface area (Å²) in [7, 11) is 1.27. The van der Waals surface area contributed by atoms with Crippen molar-refractivity contribution >= 4 is 56.2 Å². The molecule has 2 heterocycles. The van der Waals surface area contributed by atoms with Crippen LogP contribution >= 0.6 is 22.9 Å². The van der Waals surface area contributed by atoms with Crippen molar-refractivity contribution in [2.24, 2.45) is 0 Å². The Morgan fingerprint density at radius 2 is 1.96 bits per heavy atom. The molecule has 0 spiro atoms. The highest BCUT2D eigenvalue weighted by Crippen LogP contribution is 2.29. The summed E-state index contributed by atoms with van der Waals surface area (Å²) in [5.41, 5.74) is 0.893. The standard InChI is InChI=1S/C18H13ClN2O5S/c1-8-12-15(22)20-14(21-16(12)27-13(8)18(25)26-2)11(19)7-9-3-5-10(6-4-9)17(23)24/h3-7H,1-2H3,(H,23,24)(H,20,21,22)/b11-7-. The van der Waals surface area contributed by atoms with Gasteiger partial charge in [-0.3, -0.25) is 4.79 Å². The third-order valence-corrected chi connectivity index (χ3v) is 5.30. The minimum atomic E-state index is -1.03. The number of methoxy groups -OCH3 is 1. The molecule has 3 aromatic rings. The molecular weight excluding hydrogens is 392 g/mol. The van der Waals surface area contributed by atoms with Gasteiger partial charge in [0.05, 0.1) is 23.1 Å². The van der Waals surface area contributed by atoms with E-state index in [1.54, 1.807) is 25.1 Å². The van der Waals surface area contributed by atoms with Crippen molar-refractivity contribution in [2.45, 2.75) is 6.92 Å². The monoisotopic (exact) mass is 404 g/mol. The molecule has 0 unspecified atom stereocenters. The van der Waals surface area contributed by atoms with Gasteiger partial charge in [-0.25, -0.2) is 14.6 Å². The molecule has 0 aliphatic heterocycles. The van der Waals surface area contributed by atoms with E-state index in [0.29, 0.717) is 26.2 Å². The van der Waals surface area contributed by atoms with Crippen LogP contribution in [0.4, 0.5) is 0 Å². The lowest BCUT2D eigenvalue weighted by Crippen LogP contribution is -2.10. The highest BCUT2D eigenvalue weighted by Gasteiger charge is 2.20. The Balaban J connectivity index is 2.04. The number of esters is 1. The fourth-order valence-corrected chi connectivity index (χ4v) is 3.80. The van der Waals surface area contributed by atoms with Crippen LogP contribution in [0.3, 0.4) is 0 Å². The maximum absolute atomic E-state index is 12.4. The molecule has 0 saturated heterocycles. The van der Waals surface area contributed by atoms with Gasteiger partial charge < -0.3 is 14.8 Å².